The lowest BCUT2D eigenvalue weighted by molar-refractivity contribution is 0.0572. The number of halogens is 1. The third kappa shape index (κ3) is 2.59. The summed E-state index contributed by atoms with van der Waals surface area (Å²) in [5.74, 6) is 1.05. The summed E-state index contributed by atoms with van der Waals surface area (Å²) in [7, 11) is 0. The van der Waals surface area contributed by atoms with E-state index in [1.807, 2.05) is 4.90 Å². The SMILES string of the molecule is CC(CCl)CN1CC(O)C(O)C1. The van der Waals surface area contributed by atoms with E-state index in [1.54, 1.807) is 0 Å². The molecule has 3 unspecified atom stereocenters. The highest BCUT2D eigenvalue weighted by atomic mass is 35.5. The minimum Gasteiger partial charge on any atom is -0.389 e. The predicted molar refractivity (Wildman–Crippen MR) is 48.3 cm³/mol. The van der Waals surface area contributed by atoms with Crippen LogP contribution >= 0.6 is 11.6 Å². The second kappa shape index (κ2) is 4.42. The molecule has 0 spiro atoms. The van der Waals surface area contributed by atoms with Crippen LogP contribution in [0.2, 0.25) is 0 Å². The molecule has 0 aromatic heterocycles. The van der Waals surface area contributed by atoms with Crippen LogP contribution in [0.5, 0.6) is 0 Å². The molecule has 4 heteroatoms. The van der Waals surface area contributed by atoms with Gasteiger partial charge in [0.15, 0.2) is 0 Å². The Labute approximate surface area is 77.9 Å². The van der Waals surface area contributed by atoms with Gasteiger partial charge < -0.3 is 10.2 Å². The summed E-state index contributed by atoms with van der Waals surface area (Å²) in [6.07, 6.45) is -1.15. The van der Waals surface area contributed by atoms with Crippen molar-refractivity contribution >= 4 is 11.6 Å². The quantitative estimate of drug-likeness (QED) is 0.616. The van der Waals surface area contributed by atoms with Crippen molar-refractivity contribution in [2.45, 2.75) is 19.1 Å². The van der Waals surface area contributed by atoms with E-state index in [1.165, 1.54) is 0 Å². The smallest absolute Gasteiger partial charge is 0.0938 e. The summed E-state index contributed by atoms with van der Waals surface area (Å²) in [6.45, 7) is 4.06. The molecule has 0 bridgehead atoms. The molecule has 72 valence electrons. The maximum Gasteiger partial charge on any atom is 0.0938 e. The topological polar surface area (TPSA) is 43.7 Å². The van der Waals surface area contributed by atoms with Gasteiger partial charge in [0.2, 0.25) is 0 Å². The maximum atomic E-state index is 9.23. The third-order valence-electron chi connectivity index (χ3n) is 2.17. The number of nitrogens with zero attached hydrogens (tertiary/aromatic N) is 1. The molecule has 1 rings (SSSR count). The minimum absolute atomic E-state index is 0.421. The minimum atomic E-state index is -0.576. The molecule has 1 saturated heterocycles. The molecule has 0 aliphatic carbocycles. The van der Waals surface area contributed by atoms with E-state index in [4.69, 9.17) is 11.6 Å². The van der Waals surface area contributed by atoms with Crippen LogP contribution in [0.25, 0.3) is 0 Å². The highest BCUT2D eigenvalue weighted by molar-refractivity contribution is 6.18. The average molecular weight is 194 g/mol. The van der Waals surface area contributed by atoms with Gasteiger partial charge in [-0.15, -0.1) is 11.6 Å². The number of likely N-dealkylation sites (tertiary alicyclic amines) is 1. The lowest BCUT2D eigenvalue weighted by Gasteiger charge is -2.17. The van der Waals surface area contributed by atoms with E-state index in [2.05, 4.69) is 6.92 Å². The molecule has 3 nitrogen and oxygen atoms in total. The Balaban J connectivity index is 2.27. The van der Waals surface area contributed by atoms with Crippen LogP contribution in [0, 0.1) is 5.92 Å². The molecule has 1 aliphatic heterocycles. The molecule has 0 amide bonds. The first-order valence-electron chi connectivity index (χ1n) is 4.28. The predicted octanol–water partition coefficient (Wildman–Crippen LogP) is -0.101. The second-order valence-electron chi connectivity index (χ2n) is 3.61. The number of alkyl halides is 1. The summed E-state index contributed by atoms with van der Waals surface area (Å²) in [6, 6.07) is 0. The molecule has 1 fully saturated rings. The van der Waals surface area contributed by atoms with E-state index in [0.29, 0.717) is 24.9 Å². The normalized spacial score (nSPS) is 34.0. The van der Waals surface area contributed by atoms with Crippen molar-refractivity contribution in [1.29, 1.82) is 0 Å². The van der Waals surface area contributed by atoms with Gasteiger partial charge in [-0.25, -0.2) is 0 Å². The number of hydrogen-bond donors (Lipinski definition) is 2. The second-order valence-corrected chi connectivity index (χ2v) is 3.92. The van der Waals surface area contributed by atoms with Gasteiger partial charge in [0.1, 0.15) is 0 Å². The Bertz CT molecular complexity index is 135. The number of rotatable bonds is 3. The van der Waals surface area contributed by atoms with Crippen LogP contribution in [0.4, 0.5) is 0 Å². The van der Waals surface area contributed by atoms with E-state index >= 15 is 0 Å². The number of aliphatic hydroxyl groups is 2. The molecule has 1 heterocycles. The lowest BCUT2D eigenvalue weighted by Crippen LogP contribution is -2.28. The van der Waals surface area contributed by atoms with Crippen molar-refractivity contribution in [2.75, 3.05) is 25.5 Å². The summed E-state index contributed by atoms with van der Waals surface area (Å²) in [5, 5.41) is 18.5. The van der Waals surface area contributed by atoms with Crippen molar-refractivity contribution in [3.63, 3.8) is 0 Å². The first-order valence-corrected chi connectivity index (χ1v) is 4.81. The average Bonchev–Trinajstić information content (AvgIpc) is 2.31. The van der Waals surface area contributed by atoms with E-state index in [-0.39, 0.29) is 0 Å². The van der Waals surface area contributed by atoms with Crippen molar-refractivity contribution in [2.24, 2.45) is 5.92 Å². The maximum absolute atomic E-state index is 9.23. The molecular formula is C8H16ClNO2. The Hall–Kier alpha value is 0.170. The molecule has 12 heavy (non-hydrogen) atoms. The fraction of sp³-hybridized carbons (Fsp3) is 1.00. The summed E-state index contributed by atoms with van der Waals surface area (Å²) in [5.41, 5.74) is 0. The van der Waals surface area contributed by atoms with Crippen molar-refractivity contribution < 1.29 is 10.2 Å². The Morgan fingerprint density at radius 2 is 1.92 bits per heavy atom. The zero-order valence-corrected chi connectivity index (χ0v) is 8.04. The number of hydrogen-bond acceptors (Lipinski definition) is 3. The van der Waals surface area contributed by atoms with Crippen LogP contribution in [-0.2, 0) is 0 Å². The molecule has 3 atom stereocenters. The third-order valence-corrected chi connectivity index (χ3v) is 2.69. The molecule has 0 aromatic carbocycles. The van der Waals surface area contributed by atoms with Crippen molar-refractivity contribution in [3.05, 3.63) is 0 Å². The Morgan fingerprint density at radius 3 is 2.33 bits per heavy atom. The van der Waals surface area contributed by atoms with Gasteiger partial charge in [0, 0.05) is 25.5 Å². The molecule has 0 aromatic rings. The highest BCUT2D eigenvalue weighted by Crippen LogP contribution is 2.12. The molecular weight excluding hydrogens is 178 g/mol. The summed E-state index contributed by atoms with van der Waals surface area (Å²) >= 11 is 5.65. The molecule has 0 radical (unpaired) electrons. The fourth-order valence-corrected chi connectivity index (χ4v) is 1.58. The number of aliphatic hydroxyl groups excluding tert-OH is 2. The van der Waals surface area contributed by atoms with E-state index < -0.39 is 12.2 Å². The van der Waals surface area contributed by atoms with Gasteiger partial charge >= 0.3 is 0 Å². The zero-order valence-electron chi connectivity index (χ0n) is 7.28. The summed E-state index contributed by atoms with van der Waals surface area (Å²) < 4.78 is 0. The van der Waals surface area contributed by atoms with Gasteiger partial charge in [0.25, 0.3) is 0 Å². The van der Waals surface area contributed by atoms with Gasteiger partial charge in [-0.3, -0.25) is 4.90 Å². The fourth-order valence-electron chi connectivity index (χ4n) is 1.49. The molecule has 1 aliphatic rings. The van der Waals surface area contributed by atoms with Gasteiger partial charge in [0.05, 0.1) is 12.2 Å². The van der Waals surface area contributed by atoms with Gasteiger partial charge in [-0.1, -0.05) is 6.92 Å². The summed E-state index contributed by atoms with van der Waals surface area (Å²) in [4.78, 5) is 2.04. The van der Waals surface area contributed by atoms with Crippen LogP contribution in [0.1, 0.15) is 6.92 Å². The molecule has 2 N–H and O–H groups in total. The van der Waals surface area contributed by atoms with Crippen LogP contribution < -0.4 is 0 Å². The van der Waals surface area contributed by atoms with Gasteiger partial charge in [-0.05, 0) is 5.92 Å². The Kier molecular flexibility index (Phi) is 3.77. The molecule has 0 saturated carbocycles. The van der Waals surface area contributed by atoms with Crippen LogP contribution in [0.3, 0.4) is 0 Å². The monoisotopic (exact) mass is 193 g/mol. The number of β-amino-alcohol motifs (C(OH)–C–C–N with tert-alkyl or cyclic N) is 2. The standard InChI is InChI=1S/C8H16ClNO2/c1-6(2-9)3-10-4-7(11)8(12)5-10/h6-8,11-12H,2-5H2,1H3. The first-order chi connectivity index (χ1) is 5.63. The van der Waals surface area contributed by atoms with Gasteiger partial charge in [-0.2, -0.15) is 0 Å². The van der Waals surface area contributed by atoms with Crippen molar-refractivity contribution in [3.8, 4) is 0 Å². The van der Waals surface area contributed by atoms with Crippen LogP contribution in [-0.4, -0.2) is 52.8 Å². The zero-order chi connectivity index (χ0) is 9.14. The largest absolute Gasteiger partial charge is 0.389 e. The van der Waals surface area contributed by atoms with Crippen LogP contribution in [0.15, 0.2) is 0 Å². The lowest BCUT2D eigenvalue weighted by atomic mass is 10.2. The van der Waals surface area contributed by atoms with Crippen molar-refractivity contribution in [1.82, 2.24) is 4.90 Å². The first kappa shape index (κ1) is 10.3. The van der Waals surface area contributed by atoms with E-state index in [9.17, 15) is 10.2 Å². The van der Waals surface area contributed by atoms with E-state index in [0.717, 1.165) is 6.54 Å². The highest BCUT2D eigenvalue weighted by Gasteiger charge is 2.29. The Morgan fingerprint density at radius 1 is 1.42 bits per heavy atom.